The Bertz CT molecular complexity index is 659. The van der Waals surface area contributed by atoms with Crippen LogP contribution in [0.3, 0.4) is 0 Å². The number of aryl methyl sites for hydroxylation is 2. The van der Waals surface area contributed by atoms with Crippen LogP contribution in [-0.4, -0.2) is 0 Å². The van der Waals surface area contributed by atoms with Gasteiger partial charge in [-0.15, -0.1) is 0 Å². The molecule has 3 rings (SSSR count). The van der Waals surface area contributed by atoms with Gasteiger partial charge < -0.3 is 0 Å². The molecule has 0 atom stereocenters. The molecule has 142 valence electrons. The third-order valence-corrected chi connectivity index (χ3v) is 5.95. The normalized spacial score (nSPS) is 19.6. The molecule has 0 radical (unpaired) electrons. The quantitative estimate of drug-likeness (QED) is 0.518. The average molecular weight is 351 g/mol. The van der Waals surface area contributed by atoms with Gasteiger partial charge in [-0.3, -0.25) is 0 Å². The van der Waals surface area contributed by atoms with Crippen LogP contribution in [0.5, 0.6) is 0 Å². The van der Waals surface area contributed by atoms with Gasteiger partial charge in [0.2, 0.25) is 0 Å². The monoisotopic (exact) mass is 350 g/mol. The van der Waals surface area contributed by atoms with Crippen molar-refractivity contribution in [2.75, 3.05) is 0 Å². The van der Waals surface area contributed by atoms with Crippen molar-refractivity contribution in [3.8, 4) is 0 Å². The largest absolute Gasteiger partial charge is 0.0683 e. The van der Waals surface area contributed by atoms with Gasteiger partial charge in [0.05, 0.1) is 0 Å². The van der Waals surface area contributed by atoms with E-state index >= 15 is 0 Å². The van der Waals surface area contributed by atoms with E-state index in [2.05, 4.69) is 63.2 Å². The van der Waals surface area contributed by atoms with E-state index in [0.29, 0.717) is 0 Å². The minimum Gasteiger partial charge on any atom is -0.0683 e. The molecule has 0 aliphatic heterocycles. The lowest BCUT2D eigenvalue weighted by molar-refractivity contribution is 0.268. The lowest BCUT2D eigenvalue weighted by atomic mass is 9.78. The fourth-order valence-corrected chi connectivity index (χ4v) is 4.31. The maximum Gasteiger partial charge on any atom is -0.00256 e. The van der Waals surface area contributed by atoms with E-state index in [1.807, 2.05) is 13.8 Å². The summed E-state index contributed by atoms with van der Waals surface area (Å²) in [6.07, 6.45) is 9.47. The van der Waals surface area contributed by atoms with Crippen LogP contribution >= 0.6 is 0 Å². The van der Waals surface area contributed by atoms with E-state index in [4.69, 9.17) is 0 Å². The highest BCUT2D eigenvalue weighted by Gasteiger charge is 2.20. The summed E-state index contributed by atoms with van der Waals surface area (Å²) in [4.78, 5) is 0. The van der Waals surface area contributed by atoms with Crippen molar-refractivity contribution in [1.29, 1.82) is 0 Å². The Morgan fingerprint density at radius 3 is 2.08 bits per heavy atom. The predicted molar refractivity (Wildman–Crippen MR) is 116 cm³/mol. The molecular weight excluding hydrogens is 312 g/mol. The van der Waals surface area contributed by atoms with Crippen LogP contribution in [0.1, 0.15) is 80.7 Å². The van der Waals surface area contributed by atoms with Gasteiger partial charge in [0.1, 0.15) is 0 Å². The first kappa shape index (κ1) is 20.7. The van der Waals surface area contributed by atoms with Crippen LogP contribution in [-0.2, 0) is 12.8 Å². The molecule has 2 aromatic rings. The summed E-state index contributed by atoms with van der Waals surface area (Å²) < 4.78 is 0. The molecule has 0 N–H and O–H groups in total. The van der Waals surface area contributed by atoms with Gasteiger partial charge >= 0.3 is 0 Å². The third kappa shape index (κ3) is 6.01. The van der Waals surface area contributed by atoms with Crippen molar-refractivity contribution in [3.63, 3.8) is 0 Å². The minimum atomic E-state index is 0.911. The molecule has 2 aromatic carbocycles. The molecule has 0 aromatic heterocycles. The van der Waals surface area contributed by atoms with Crippen LogP contribution in [0.25, 0.3) is 0 Å². The van der Waals surface area contributed by atoms with Crippen molar-refractivity contribution in [1.82, 2.24) is 0 Å². The van der Waals surface area contributed by atoms with Gasteiger partial charge in [-0.1, -0.05) is 88.1 Å². The molecule has 0 unspecified atom stereocenters. The van der Waals surface area contributed by atoms with Crippen molar-refractivity contribution in [3.05, 3.63) is 70.3 Å². The second-order valence-corrected chi connectivity index (χ2v) is 7.93. The number of benzene rings is 2. The second kappa shape index (κ2) is 10.6. The van der Waals surface area contributed by atoms with Crippen LogP contribution in [0.4, 0.5) is 0 Å². The highest BCUT2D eigenvalue weighted by atomic mass is 14.3. The minimum absolute atomic E-state index is 0.911. The van der Waals surface area contributed by atoms with Gasteiger partial charge in [0.15, 0.2) is 0 Å². The Hall–Kier alpha value is -1.56. The predicted octanol–water partition coefficient (Wildman–Crippen LogP) is 7.68. The first-order valence-electron chi connectivity index (χ1n) is 10.8. The van der Waals surface area contributed by atoms with Gasteiger partial charge in [0.25, 0.3) is 0 Å². The van der Waals surface area contributed by atoms with Crippen molar-refractivity contribution >= 4 is 0 Å². The Labute approximate surface area is 162 Å². The second-order valence-electron chi connectivity index (χ2n) is 7.93. The molecule has 0 saturated heterocycles. The summed E-state index contributed by atoms with van der Waals surface area (Å²) >= 11 is 0. The van der Waals surface area contributed by atoms with E-state index in [-0.39, 0.29) is 0 Å². The lowest BCUT2D eigenvalue weighted by Crippen LogP contribution is -2.16. The standard InChI is InChI=1S/C24H32.C2H6/c1-4-20-8-10-21(11-9-20)17-24-13-12-23(15-19(24)3)16-22-7-5-6-18(2)14-22;1-2/h5-7,12-15,20-21H,4,8-11,16-17H2,1-3H3;1-2H3. The average Bonchev–Trinajstić information content (AvgIpc) is 2.66. The molecule has 0 heterocycles. The number of hydrogen-bond acceptors (Lipinski definition) is 0. The van der Waals surface area contributed by atoms with E-state index in [0.717, 1.165) is 18.3 Å². The Kier molecular flexibility index (Phi) is 8.42. The zero-order valence-corrected chi connectivity index (χ0v) is 17.6. The molecule has 0 heteroatoms. The molecule has 26 heavy (non-hydrogen) atoms. The zero-order chi connectivity index (χ0) is 18.9. The Morgan fingerprint density at radius 2 is 1.46 bits per heavy atom. The smallest absolute Gasteiger partial charge is 0.00256 e. The van der Waals surface area contributed by atoms with Crippen LogP contribution < -0.4 is 0 Å². The zero-order valence-electron chi connectivity index (χ0n) is 17.6. The molecule has 1 fully saturated rings. The summed E-state index contributed by atoms with van der Waals surface area (Å²) in [5.41, 5.74) is 7.26. The highest BCUT2D eigenvalue weighted by molar-refractivity contribution is 5.35. The number of hydrogen-bond donors (Lipinski definition) is 0. The van der Waals surface area contributed by atoms with E-state index < -0.39 is 0 Å². The Morgan fingerprint density at radius 1 is 0.808 bits per heavy atom. The van der Waals surface area contributed by atoms with E-state index in [9.17, 15) is 0 Å². The summed E-state index contributed by atoms with van der Waals surface area (Å²) in [5, 5.41) is 0. The van der Waals surface area contributed by atoms with Gasteiger partial charge in [-0.05, 0) is 73.6 Å². The number of rotatable bonds is 5. The summed E-state index contributed by atoms with van der Waals surface area (Å²) in [5.74, 6) is 1.91. The summed E-state index contributed by atoms with van der Waals surface area (Å²) in [6, 6.07) is 16.0. The van der Waals surface area contributed by atoms with Crippen LogP contribution in [0.15, 0.2) is 42.5 Å². The topological polar surface area (TPSA) is 0 Å². The van der Waals surface area contributed by atoms with E-state index in [1.54, 1.807) is 5.56 Å². The molecule has 1 aliphatic carbocycles. The van der Waals surface area contributed by atoms with Crippen LogP contribution in [0.2, 0.25) is 0 Å². The Balaban J connectivity index is 0.00000117. The van der Waals surface area contributed by atoms with Crippen molar-refractivity contribution < 1.29 is 0 Å². The van der Waals surface area contributed by atoms with Crippen LogP contribution in [0, 0.1) is 25.7 Å². The SMILES string of the molecule is CC.CCC1CCC(Cc2ccc(Cc3cccc(C)c3)cc2C)CC1. The fraction of sp³-hybridized carbons (Fsp3) is 0.538. The fourth-order valence-electron chi connectivity index (χ4n) is 4.31. The van der Waals surface area contributed by atoms with Crippen molar-refractivity contribution in [2.45, 2.75) is 79.6 Å². The molecule has 0 spiro atoms. The molecule has 0 bridgehead atoms. The molecule has 1 saturated carbocycles. The van der Waals surface area contributed by atoms with Gasteiger partial charge in [-0.2, -0.15) is 0 Å². The van der Waals surface area contributed by atoms with Gasteiger partial charge in [-0.25, -0.2) is 0 Å². The molecular formula is C26H38. The molecule has 1 aliphatic rings. The third-order valence-electron chi connectivity index (χ3n) is 5.95. The molecule has 0 nitrogen and oxygen atoms in total. The van der Waals surface area contributed by atoms with Gasteiger partial charge in [0, 0.05) is 0 Å². The maximum absolute atomic E-state index is 2.41. The highest BCUT2D eigenvalue weighted by Crippen LogP contribution is 2.33. The van der Waals surface area contributed by atoms with Crippen molar-refractivity contribution in [2.24, 2.45) is 11.8 Å². The van der Waals surface area contributed by atoms with E-state index in [1.165, 1.54) is 60.8 Å². The maximum atomic E-state index is 2.41. The first-order chi connectivity index (χ1) is 12.6. The lowest BCUT2D eigenvalue weighted by Gasteiger charge is -2.28. The summed E-state index contributed by atoms with van der Waals surface area (Å²) in [6.45, 7) is 10.8. The summed E-state index contributed by atoms with van der Waals surface area (Å²) in [7, 11) is 0. The first-order valence-corrected chi connectivity index (χ1v) is 10.8. The molecule has 0 amide bonds.